The highest BCUT2D eigenvalue weighted by atomic mass is 19.2. The summed E-state index contributed by atoms with van der Waals surface area (Å²) in [7, 11) is 0. The van der Waals surface area contributed by atoms with E-state index in [0.29, 0.717) is 42.8 Å². The summed E-state index contributed by atoms with van der Waals surface area (Å²) in [6.07, 6.45) is 2.78. The minimum atomic E-state index is -0.969. The molecule has 2 aromatic heterocycles. The first kappa shape index (κ1) is 25.0. The number of nitrogens with zero attached hydrogens (tertiary/aromatic N) is 4. The van der Waals surface area contributed by atoms with Crippen molar-refractivity contribution in [1.29, 1.82) is 0 Å². The molecule has 0 spiro atoms. The van der Waals surface area contributed by atoms with Gasteiger partial charge in [0.15, 0.2) is 17.4 Å². The Labute approximate surface area is 218 Å². The van der Waals surface area contributed by atoms with Gasteiger partial charge in [-0.05, 0) is 75.3 Å². The Morgan fingerprint density at radius 2 is 1.76 bits per heavy atom. The van der Waals surface area contributed by atoms with Gasteiger partial charge in [-0.3, -0.25) is 0 Å². The zero-order chi connectivity index (χ0) is 26.6. The van der Waals surface area contributed by atoms with Gasteiger partial charge < -0.3 is 29.3 Å². The predicted octanol–water partition coefficient (Wildman–Crippen LogP) is 4.91. The first-order valence-electron chi connectivity index (χ1n) is 13.0. The van der Waals surface area contributed by atoms with E-state index < -0.39 is 17.9 Å². The van der Waals surface area contributed by atoms with Crippen LogP contribution in [0.4, 0.5) is 14.5 Å². The molecule has 0 amide bonds. The number of benzene rings is 2. The summed E-state index contributed by atoms with van der Waals surface area (Å²) in [5.74, 6) is -0.787. The molecule has 0 radical (unpaired) electrons. The van der Waals surface area contributed by atoms with E-state index in [1.807, 2.05) is 25.1 Å². The van der Waals surface area contributed by atoms with Crippen molar-refractivity contribution in [3.05, 3.63) is 65.3 Å². The molecule has 4 aromatic rings. The Kier molecular flexibility index (Phi) is 6.41. The summed E-state index contributed by atoms with van der Waals surface area (Å²) in [6.45, 7) is 1.54. The second-order valence-corrected chi connectivity index (χ2v) is 10.3. The van der Waals surface area contributed by atoms with E-state index >= 15 is 0 Å². The number of imidazole rings is 1. The average Bonchev–Trinajstić information content (AvgIpc) is 3.60. The lowest BCUT2D eigenvalue weighted by Gasteiger charge is -2.33. The Bertz CT molecular complexity index is 1480. The van der Waals surface area contributed by atoms with E-state index in [9.17, 15) is 24.1 Å². The van der Waals surface area contributed by atoms with Crippen molar-refractivity contribution in [3.63, 3.8) is 0 Å². The summed E-state index contributed by atoms with van der Waals surface area (Å²) in [5, 5.41) is 34.8. The largest absolute Gasteiger partial charge is 0.393 e. The number of aliphatic hydroxyl groups excluding tert-OH is 3. The maximum absolute atomic E-state index is 14.2. The van der Waals surface area contributed by atoms with Gasteiger partial charge >= 0.3 is 0 Å². The number of rotatable bonds is 5. The highest BCUT2D eigenvalue weighted by molar-refractivity contribution is 5.84. The third-order valence-corrected chi connectivity index (χ3v) is 7.97. The molecule has 6 rings (SSSR count). The van der Waals surface area contributed by atoms with E-state index in [-0.39, 0.29) is 24.8 Å². The van der Waals surface area contributed by atoms with Gasteiger partial charge in [0.25, 0.3) is 0 Å². The third-order valence-electron chi connectivity index (χ3n) is 7.97. The van der Waals surface area contributed by atoms with Crippen LogP contribution in [-0.2, 0) is 6.61 Å². The minimum Gasteiger partial charge on any atom is -0.393 e. The molecule has 2 fully saturated rings. The summed E-state index contributed by atoms with van der Waals surface area (Å²) < 4.78 is 35.4. The van der Waals surface area contributed by atoms with Gasteiger partial charge in [-0.2, -0.15) is 0 Å². The Morgan fingerprint density at radius 3 is 2.50 bits per heavy atom. The van der Waals surface area contributed by atoms with E-state index in [1.54, 1.807) is 4.90 Å². The average molecular weight is 525 g/mol. The monoisotopic (exact) mass is 524 g/mol. The highest BCUT2D eigenvalue weighted by Crippen LogP contribution is 2.43. The molecule has 1 saturated carbocycles. The van der Waals surface area contributed by atoms with E-state index in [0.717, 1.165) is 53.0 Å². The third kappa shape index (κ3) is 4.16. The summed E-state index contributed by atoms with van der Waals surface area (Å²) >= 11 is 0. The van der Waals surface area contributed by atoms with Crippen molar-refractivity contribution in [3.8, 4) is 11.1 Å². The Balaban J connectivity index is 1.49. The Morgan fingerprint density at radius 1 is 0.974 bits per heavy atom. The maximum atomic E-state index is 14.2. The molecule has 0 bridgehead atoms. The fraction of sp³-hybridized carbons (Fsp3) is 0.429. The van der Waals surface area contributed by atoms with Crippen LogP contribution < -0.4 is 4.90 Å². The van der Waals surface area contributed by atoms with Gasteiger partial charge in [-0.1, -0.05) is 11.2 Å². The molecule has 8 nitrogen and oxygen atoms in total. The van der Waals surface area contributed by atoms with Crippen LogP contribution in [0.1, 0.15) is 67.9 Å². The normalized spacial score (nSPS) is 24.0. The molecule has 10 heteroatoms. The van der Waals surface area contributed by atoms with Crippen molar-refractivity contribution in [2.45, 2.75) is 76.5 Å². The zero-order valence-corrected chi connectivity index (χ0v) is 21.0. The van der Waals surface area contributed by atoms with Crippen LogP contribution in [0, 0.1) is 18.6 Å². The van der Waals surface area contributed by atoms with E-state index in [2.05, 4.69) is 9.72 Å². The van der Waals surface area contributed by atoms with Crippen LogP contribution in [0.3, 0.4) is 0 Å². The Hall–Kier alpha value is -3.34. The molecule has 1 unspecified atom stereocenters. The van der Waals surface area contributed by atoms with Gasteiger partial charge in [-0.25, -0.2) is 13.8 Å². The second kappa shape index (κ2) is 9.76. The molecule has 1 aliphatic heterocycles. The second-order valence-electron chi connectivity index (χ2n) is 10.3. The van der Waals surface area contributed by atoms with Crippen LogP contribution in [-0.4, -0.2) is 42.4 Å². The van der Waals surface area contributed by atoms with Gasteiger partial charge in [0.1, 0.15) is 18.7 Å². The van der Waals surface area contributed by atoms with Crippen molar-refractivity contribution >= 4 is 16.7 Å². The molecule has 2 aromatic carbocycles. The molecule has 38 heavy (non-hydrogen) atoms. The summed E-state index contributed by atoms with van der Waals surface area (Å²) in [4.78, 5) is 6.78. The number of hydrogen-bond donors (Lipinski definition) is 3. The maximum Gasteiger partial charge on any atom is 0.170 e. The fourth-order valence-corrected chi connectivity index (χ4v) is 6.15. The lowest BCUT2D eigenvalue weighted by molar-refractivity contribution is 0.110. The summed E-state index contributed by atoms with van der Waals surface area (Å²) in [6, 6.07) is 9.30. The number of aromatic nitrogens is 3. The topological polar surface area (TPSA) is 108 Å². The van der Waals surface area contributed by atoms with E-state index in [4.69, 9.17) is 9.51 Å². The van der Waals surface area contributed by atoms with Crippen LogP contribution in [0.15, 0.2) is 40.9 Å². The van der Waals surface area contributed by atoms with Crippen LogP contribution >= 0.6 is 0 Å². The molecule has 1 saturated heterocycles. The predicted molar refractivity (Wildman–Crippen MR) is 136 cm³/mol. The number of hydrogen-bond acceptors (Lipinski definition) is 7. The summed E-state index contributed by atoms with van der Waals surface area (Å²) in [5.41, 5.74) is 4.25. The van der Waals surface area contributed by atoms with Crippen molar-refractivity contribution in [2.75, 3.05) is 4.90 Å². The first-order chi connectivity index (χ1) is 18.4. The highest BCUT2D eigenvalue weighted by Gasteiger charge is 2.38. The number of fused-ring (bicyclic) bond motifs is 1. The molecular weight excluding hydrogens is 494 g/mol. The van der Waals surface area contributed by atoms with Crippen LogP contribution in [0.25, 0.3) is 22.2 Å². The first-order valence-corrected chi connectivity index (χ1v) is 13.0. The SMILES string of the molecule is Cc1noc(CO)c1-c1ccc2c(c1)nc([C@@H]1CCC(O)N1c1ccc(F)c(F)c1)n2C1CCC(O)CC1. The van der Waals surface area contributed by atoms with Crippen molar-refractivity contribution in [1.82, 2.24) is 14.7 Å². The van der Waals surface area contributed by atoms with Crippen molar-refractivity contribution < 1.29 is 28.6 Å². The molecule has 3 N–H and O–H groups in total. The van der Waals surface area contributed by atoms with Crippen LogP contribution in [0.5, 0.6) is 0 Å². The number of halogens is 2. The van der Waals surface area contributed by atoms with Gasteiger partial charge in [0.05, 0.1) is 34.4 Å². The molecule has 1 aliphatic carbocycles. The van der Waals surface area contributed by atoms with Gasteiger partial charge in [-0.15, -0.1) is 0 Å². The number of aliphatic hydroxyl groups is 3. The molecule has 200 valence electrons. The molecular formula is C28H30F2N4O4. The lowest BCUT2D eigenvalue weighted by Crippen LogP contribution is -2.33. The fourth-order valence-electron chi connectivity index (χ4n) is 6.15. The quantitative estimate of drug-likeness (QED) is 0.341. The zero-order valence-electron chi connectivity index (χ0n) is 21.0. The van der Waals surface area contributed by atoms with E-state index in [1.165, 1.54) is 6.07 Å². The standard InChI is InChI=1S/C28H30F2N4O4/c1-15-27(25(14-35)38-32-15)16-2-9-23-22(12-16)31-28(34(23)17-3-6-19(36)7-4-17)24-10-11-26(37)33(24)18-5-8-20(29)21(30)13-18/h2,5,8-9,12-13,17,19,24,26,35-37H,3-4,6-7,10-11,14H2,1H3/t17?,19?,24-,26?/m0/s1. The molecule has 2 atom stereocenters. The minimum absolute atomic E-state index is 0.0964. The van der Waals surface area contributed by atoms with Gasteiger partial charge in [0, 0.05) is 17.8 Å². The molecule has 3 heterocycles. The molecule has 2 aliphatic rings. The van der Waals surface area contributed by atoms with Crippen LogP contribution in [0.2, 0.25) is 0 Å². The van der Waals surface area contributed by atoms with Crippen molar-refractivity contribution in [2.24, 2.45) is 0 Å². The number of aryl methyl sites for hydroxylation is 1. The smallest absolute Gasteiger partial charge is 0.170 e. The lowest BCUT2D eigenvalue weighted by atomic mass is 9.92. The van der Waals surface area contributed by atoms with Gasteiger partial charge in [0.2, 0.25) is 0 Å². The number of anilines is 1.